The number of nitrogens with one attached hydrogen (secondary N) is 1. The quantitative estimate of drug-likeness (QED) is 0.754. The largest absolute Gasteiger partial charge is 0.496 e. The Morgan fingerprint density at radius 3 is 2.52 bits per heavy atom. The summed E-state index contributed by atoms with van der Waals surface area (Å²) in [5, 5.41) is 12.2. The third kappa shape index (κ3) is 4.59. The van der Waals surface area contributed by atoms with E-state index in [-0.39, 0.29) is 30.4 Å². The van der Waals surface area contributed by atoms with Gasteiger partial charge in [0.05, 0.1) is 25.7 Å². The number of benzene rings is 2. The van der Waals surface area contributed by atoms with Gasteiger partial charge in [-0.05, 0) is 30.5 Å². The Morgan fingerprint density at radius 2 is 1.86 bits per heavy atom. The Kier molecular flexibility index (Phi) is 6.88. The van der Waals surface area contributed by atoms with Crippen molar-refractivity contribution in [3.63, 3.8) is 0 Å². The van der Waals surface area contributed by atoms with Crippen LogP contribution in [-0.4, -0.2) is 35.5 Å². The molecule has 2 atom stereocenters. The summed E-state index contributed by atoms with van der Waals surface area (Å²) in [6.45, 7) is 2.87. The standard InChI is InChI=1S/C23H28N2O4/c1-3-25-21(27)13-12-19(22(25)18-6-4-5-7-20(18)29-2)23(28)24-14-16-8-10-17(15-26)11-9-16/h4-11,19,22,26H,3,12-15H2,1-2H3,(H,24,28)/t19-,22+/m1/s1. The van der Waals surface area contributed by atoms with E-state index in [1.165, 1.54) is 0 Å². The van der Waals surface area contributed by atoms with Gasteiger partial charge in [-0.15, -0.1) is 0 Å². The number of hydrogen-bond donors (Lipinski definition) is 2. The minimum atomic E-state index is -0.353. The van der Waals surface area contributed by atoms with Crippen LogP contribution < -0.4 is 10.1 Å². The third-order valence-corrected chi connectivity index (χ3v) is 5.51. The number of aliphatic hydroxyl groups is 1. The molecule has 0 aromatic heterocycles. The zero-order valence-corrected chi connectivity index (χ0v) is 16.9. The second-order valence-corrected chi connectivity index (χ2v) is 7.20. The highest BCUT2D eigenvalue weighted by atomic mass is 16.5. The molecule has 2 amide bonds. The molecule has 2 aromatic carbocycles. The van der Waals surface area contributed by atoms with Gasteiger partial charge in [0.15, 0.2) is 0 Å². The highest BCUT2D eigenvalue weighted by Gasteiger charge is 2.41. The maximum absolute atomic E-state index is 13.1. The lowest BCUT2D eigenvalue weighted by molar-refractivity contribution is -0.143. The van der Waals surface area contributed by atoms with Gasteiger partial charge >= 0.3 is 0 Å². The molecule has 0 saturated carbocycles. The Bertz CT molecular complexity index is 850. The fraction of sp³-hybridized carbons (Fsp3) is 0.391. The van der Waals surface area contributed by atoms with Crippen molar-refractivity contribution in [2.45, 2.75) is 39.0 Å². The van der Waals surface area contributed by atoms with E-state index in [9.17, 15) is 9.59 Å². The Morgan fingerprint density at radius 1 is 1.17 bits per heavy atom. The van der Waals surface area contributed by atoms with Crippen LogP contribution in [0.4, 0.5) is 0 Å². The fourth-order valence-corrected chi connectivity index (χ4v) is 3.98. The lowest BCUT2D eigenvalue weighted by Gasteiger charge is -2.40. The normalized spacial score (nSPS) is 19.1. The number of amides is 2. The van der Waals surface area contributed by atoms with Gasteiger partial charge in [0, 0.05) is 25.1 Å². The first-order valence-electron chi connectivity index (χ1n) is 9.97. The molecule has 1 fully saturated rings. The van der Waals surface area contributed by atoms with E-state index in [0.717, 1.165) is 16.7 Å². The number of ether oxygens (including phenoxy) is 1. The molecule has 2 N–H and O–H groups in total. The summed E-state index contributed by atoms with van der Waals surface area (Å²) in [7, 11) is 1.60. The van der Waals surface area contributed by atoms with Gasteiger partial charge in [-0.2, -0.15) is 0 Å². The summed E-state index contributed by atoms with van der Waals surface area (Å²) in [5.41, 5.74) is 2.65. The fourth-order valence-electron chi connectivity index (χ4n) is 3.98. The van der Waals surface area contributed by atoms with Crippen LogP contribution in [0.1, 0.15) is 42.5 Å². The first-order chi connectivity index (χ1) is 14.1. The van der Waals surface area contributed by atoms with Crippen LogP contribution in [-0.2, 0) is 22.7 Å². The SMILES string of the molecule is CCN1C(=O)CC[C@@H](C(=O)NCc2ccc(CO)cc2)[C@@H]1c1ccccc1OC. The van der Waals surface area contributed by atoms with E-state index in [4.69, 9.17) is 9.84 Å². The van der Waals surface area contributed by atoms with E-state index < -0.39 is 0 Å². The summed E-state index contributed by atoms with van der Waals surface area (Å²) in [6.07, 6.45) is 0.871. The Hall–Kier alpha value is -2.86. The number of methoxy groups -OCH3 is 1. The van der Waals surface area contributed by atoms with Gasteiger partial charge in [-0.25, -0.2) is 0 Å². The summed E-state index contributed by atoms with van der Waals surface area (Å²) < 4.78 is 5.52. The van der Waals surface area contributed by atoms with E-state index in [1.807, 2.05) is 55.5 Å². The molecular weight excluding hydrogens is 368 g/mol. The average molecular weight is 396 g/mol. The number of nitrogens with zero attached hydrogens (tertiary/aromatic N) is 1. The van der Waals surface area contributed by atoms with Gasteiger partial charge in [-0.3, -0.25) is 9.59 Å². The molecule has 6 nitrogen and oxygen atoms in total. The molecule has 154 valence electrons. The van der Waals surface area contributed by atoms with E-state index in [0.29, 0.717) is 31.7 Å². The number of rotatable bonds is 7. The van der Waals surface area contributed by atoms with Gasteiger partial charge in [0.1, 0.15) is 5.75 Å². The highest BCUT2D eigenvalue weighted by molar-refractivity contribution is 5.85. The first-order valence-corrected chi connectivity index (χ1v) is 9.97. The maximum atomic E-state index is 13.1. The summed E-state index contributed by atoms with van der Waals surface area (Å²) >= 11 is 0. The second kappa shape index (κ2) is 9.56. The van der Waals surface area contributed by atoms with Crippen LogP contribution in [0.2, 0.25) is 0 Å². The van der Waals surface area contributed by atoms with Crippen molar-refractivity contribution in [1.29, 1.82) is 0 Å². The molecule has 0 radical (unpaired) electrons. The topological polar surface area (TPSA) is 78.9 Å². The predicted molar refractivity (Wildman–Crippen MR) is 110 cm³/mol. The minimum Gasteiger partial charge on any atom is -0.496 e. The van der Waals surface area contributed by atoms with Gasteiger partial charge in [0.2, 0.25) is 11.8 Å². The molecule has 2 aromatic rings. The number of piperidine rings is 1. The molecule has 0 bridgehead atoms. The molecule has 0 aliphatic carbocycles. The van der Waals surface area contributed by atoms with E-state index >= 15 is 0 Å². The van der Waals surface area contributed by atoms with Gasteiger partial charge < -0.3 is 20.1 Å². The van der Waals surface area contributed by atoms with Gasteiger partial charge in [-0.1, -0.05) is 42.5 Å². The van der Waals surface area contributed by atoms with Crippen molar-refractivity contribution >= 4 is 11.8 Å². The van der Waals surface area contributed by atoms with Crippen molar-refractivity contribution < 1.29 is 19.4 Å². The lowest BCUT2D eigenvalue weighted by Crippen LogP contribution is -2.48. The number of carbonyl (C=O) groups is 2. The zero-order chi connectivity index (χ0) is 20.8. The molecule has 29 heavy (non-hydrogen) atoms. The maximum Gasteiger partial charge on any atom is 0.225 e. The highest BCUT2D eigenvalue weighted by Crippen LogP contribution is 2.40. The molecule has 6 heteroatoms. The molecule has 0 spiro atoms. The first kappa shape index (κ1) is 20.9. The summed E-state index contributed by atoms with van der Waals surface area (Å²) in [6, 6.07) is 14.7. The third-order valence-electron chi connectivity index (χ3n) is 5.51. The summed E-state index contributed by atoms with van der Waals surface area (Å²) in [4.78, 5) is 27.4. The van der Waals surface area contributed by atoms with Crippen molar-refractivity contribution in [2.24, 2.45) is 5.92 Å². The average Bonchev–Trinajstić information content (AvgIpc) is 2.77. The van der Waals surface area contributed by atoms with Crippen LogP contribution in [0.25, 0.3) is 0 Å². The van der Waals surface area contributed by atoms with Crippen molar-refractivity contribution in [1.82, 2.24) is 10.2 Å². The molecule has 3 rings (SSSR count). The lowest BCUT2D eigenvalue weighted by atomic mass is 9.83. The monoisotopic (exact) mass is 396 g/mol. The Balaban J connectivity index is 1.82. The van der Waals surface area contributed by atoms with Gasteiger partial charge in [0.25, 0.3) is 0 Å². The zero-order valence-electron chi connectivity index (χ0n) is 16.9. The number of aliphatic hydroxyl groups excluding tert-OH is 1. The van der Waals surface area contributed by atoms with Crippen molar-refractivity contribution in [3.05, 3.63) is 65.2 Å². The van der Waals surface area contributed by atoms with Crippen LogP contribution in [0.3, 0.4) is 0 Å². The molecule has 1 saturated heterocycles. The molecule has 1 aliphatic heterocycles. The molecule has 1 heterocycles. The molecule has 0 unspecified atom stereocenters. The summed E-state index contributed by atoms with van der Waals surface area (Å²) in [5.74, 6) is 0.328. The minimum absolute atomic E-state index is 0.00379. The van der Waals surface area contributed by atoms with Crippen LogP contribution in [0, 0.1) is 5.92 Å². The smallest absolute Gasteiger partial charge is 0.225 e. The van der Waals surface area contributed by atoms with Crippen molar-refractivity contribution in [3.8, 4) is 5.75 Å². The van der Waals surface area contributed by atoms with E-state index in [2.05, 4.69) is 5.32 Å². The molecular formula is C23H28N2O4. The number of likely N-dealkylation sites (tertiary alicyclic amines) is 1. The van der Waals surface area contributed by atoms with Crippen LogP contribution in [0.5, 0.6) is 5.75 Å². The second-order valence-electron chi connectivity index (χ2n) is 7.20. The van der Waals surface area contributed by atoms with E-state index in [1.54, 1.807) is 12.0 Å². The molecule has 1 aliphatic rings. The number of carbonyl (C=O) groups excluding carboxylic acids is 2. The number of para-hydroxylation sites is 1. The van der Waals surface area contributed by atoms with Crippen LogP contribution in [0.15, 0.2) is 48.5 Å². The van der Waals surface area contributed by atoms with Crippen LogP contribution >= 0.6 is 0 Å². The van der Waals surface area contributed by atoms with Crippen molar-refractivity contribution in [2.75, 3.05) is 13.7 Å². The number of hydrogen-bond acceptors (Lipinski definition) is 4. The predicted octanol–water partition coefficient (Wildman–Crippen LogP) is 2.80. The Labute approximate surface area is 171 Å².